The molecule has 110 valence electrons. The Morgan fingerprint density at radius 1 is 1.37 bits per heavy atom. The van der Waals surface area contributed by atoms with Gasteiger partial charge in [0, 0.05) is 19.2 Å². The van der Waals surface area contributed by atoms with E-state index in [-0.39, 0.29) is 12.0 Å². The van der Waals surface area contributed by atoms with Crippen LogP contribution in [0, 0.1) is 5.92 Å². The molecule has 0 bridgehead atoms. The van der Waals surface area contributed by atoms with Crippen molar-refractivity contribution in [3.05, 3.63) is 0 Å². The highest BCUT2D eigenvalue weighted by molar-refractivity contribution is 5.70. The Kier molecular flexibility index (Phi) is 4.81. The van der Waals surface area contributed by atoms with E-state index < -0.39 is 11.6 Å². The molecule has 5 heteroatoms. The maximum atomic E-state index is 10.9. The lowest BCUT2D eigenvalue weighted by Gasteiger charge is -2.37. The molecule has 2 rings (SSSR count). The number of hydrogen-bond donors (Lipinski definition) is 3. The van der Waals surface area contributed by atoms with Crippen LogP contribution in [0.15, 0.2) is 0 Å². The average Bonchev–Trinajstić information content (AvgIpc) is 2.37. The lowest BCUT2D eigenvalue weighted by molar-refractivity contribution is -0.144. The van der Waals surface area contributed by atoms with Crippen molar-refractivity contribution in [1.82, 2.24) is 5.32 Å². The summed E-state index contributed by atoms with van der Waals surface area (Å²) in [7, 11) is 0. The summed E-state index contributed by atoms with van der Waals surface area (Å²) in [5.41, 5.74) is -0.729. The first-order valence-electron chi connectivity index (χ1n) is 7.29. The second kappa shape index (κ2) is 6.20. The third-order valence-electron chi connectivity index (χ3n) is 4.47. The van der Waals surface area contributed by atoms with Crippen LogP contribution in [0.4, 0.5) is 0 Å². The largest absolute Gasteiger partial charge is 0.481 e. The first-order valence-corrected chi connectivity index (χ1v) is 7.29. The van der Waals surface area contributed by atoms with Gasteiger partial charge < -0.3 is 20.3 Å². The summed E-state index contributed by atoms with van der Waals surface area (Å²) in [5.74, 6) is -1.00. The van der Waals surface area contributed by atoms with E-state index >= 15 is 0 Å². The molecule has 0 radical (unpaired) electrons. The topological polar surface area (TPSA) is 78.8 Å². The van der Waals surface area contributed by atoms with Crippen LogP contribution in [-0.2, 0) is 9.53 Å². The van der Waals surface area contributed by atoms with Crippen LogP contribution in [0.2, 0.25) is 0 Å². The van der Waals surface area contributed by atoms with E-state index in [1.54, 1.807) is 0 Å². The first-order chi connectivity index (χ1) is 8.98. The van der Waals surface area contributed by atoms with Crippen LogP contribution < -0.4 is 5.32 Å². The van der Waals surface area contributed by atoms with Gasteiger partial charge in [-0.1, -0.05) is 0 Å². The van der Waals surface area contributed by atoms with Crippen molar-refractivity contribution in [2.24, 2.45) is 5.92 Å². The Morgan fingerprint density at radius 2 is 2.05 bits per heavy atom. The average molecular weight is 271 g/mol. The Morgan fingerprint density at radius 3 is 2.63 bits per heavy atom. The van der Waals surface area contributed by atoms with Gasteiger partial charge in [-0.25, -0.2) is 0 Å². The molecule has 1 aliphatic heterocycles. The number of rotatable bonds is 4. The Bertz CT molecular complexity index is 313. The van der Waals surface area contributed by atoms with Crippen molar-refractivity contribution >= 4 is 5.97 Å². The molecule has 5 nitrogen and oxygen atoms in total. The summed E-state index contributed by atoms with van der Waals surface area (Å²) in [5, 5.41) is 22.9. The Labute approximate surface area is 114 Å². The molecule has 2 fully saturated rings. The molecule has 2 atom stereocenters. The van der Waals surface area contributed by atoms with Gasteiger partial charge in [0.05, 0.1) is 17.6 Å². The van der Waals surface area contributed by atoms with Crippen LogP contribution in [0.3, 0.4) is 0 Å². The van der Waals surface area contributed by atoms with Crippen molar-refractivity contribution in [3.63, 3.8) is 0 Å². The molecular weight excluding hydrogens is 246 g/mol. The lowest BCUT2D eigenvalue weighted by atomic mass is 9.78. The normalized spacial score (nSPS) is 40.0. The van der Waals surface area contributed by atoms with Crippen LogP contribution in [0.25, 0.3) is 0 Å². The predicted molar refractivity (Wildman–Crippen MR) is 71.0 cm³/mol. The fourth-order valence-electron chi connectivity index (χ4n) is 3.10. The maximum absolute atomic E-state index is 10.9. The van der Waals surface area contributed by atoms with Gasteiger partial charge in [0.1, 0.15) is 0 Å². The van der Waals surface area contributed by atoms with Crippen LogP contribution >= 0.6 is 0 Å². The lowest BCUT2D eigenvalue weighted by Crippen LogP contribution is -2.49. The predicted octanol–water partition coefficient (Wildman–Crippen LogP) is 1.15. The monoisotopic (exact) mass is 271 g/mol. The van der Waals surface area contributed by atoms with Crippen molar-refractivity contribution in [1.29, 1.82) is 0 Å². The van der Waals surface area contributed by atoms with E-state index in [9.17, 15) is 9.90 Å². The summed E-state index contributed by atoms with van der Waals surface area (Å²) in [4.78, 5) is 10.9. The Balaban J connectivity index is 1.74. The standard InChI is InChI=1S/C14H25NO4/c1-10-8-12(4-7-19-10)15-9-14(18)5-2-11(3-6-14)13(16)17/h10-12,15,18H,2-9H2,1H3,(H,16,17). The molecule has 1 saturated heterocycles. The van der Waals surface area contributed by atoms with Gasteiger partial charge in [0.2, 0.25) is 0 Å². The Hall–Kier alpha value is -0.650. The summed E-state index contributed by atoms with van der Waals surface area (Å²) >= 11 is 0. The maximum Gasteiger partial charge on any atom is 0.306 e. The summed E-state index contributed by atoms with van der Waals surface area (Å²) < 4.78 is 5.50. The van der Waals surface area contributed by atoms with Crippen molar-refractivity contribution < 1.29 is 19.7 Å². The van der Waals surface area contributed by atoms with Gasteiger partial charge in [-0.3, -0.25) is 4.79 Å². The molecule has 19 heavy (non-hydrogen) atoms. The number of nitrogens with one attached hydrogen (secondary N) is 1. The minimum Gasteiger partial charge on any atom is -0.481 e. The minimum atomic E-state index is -0.729. The summed E-state index contributed by atoms with van der Waals surface area (Å²) in [6.45, 7) is 3.41. The van der Waals surface area contributed by atoms with Crippen LogP contribution in [0.5, 0.6) is 0 Å². The van der Waals surface area contributed by atoms with E-state index in [0.29, 0.717) is 38.3 Å². The van der Waals surface area contributed by atoms with Crippen molar-refractivity contribution in [2.75, 3.05) is 13.2 Å². The fraction of sp³-hybridized carbons (Fsp3) is 0.929. The number of aliphatic hydroxyl groups is 1. The van der Waals surface area contributed by atoms with Crippen LogP contribution in [0.1, 0.15) is 45.4 Å². The van der Waals surface area contributed by atoms with Gasteiger partial charge in [0.15, 0.2) is 0 Å². The first kappa shape index (κ1) is 14.8. The third-order valence-corrected chi connectivity index (χ3v) is 4.47. The number of carboxylic acid groups (broad SMARTS) is 1. The molecule has 1 saturated carbocycles. The second-order valence-electron chi connectivity index (χ2n) is 6.12. The molecule has 0 amide bonds. The smallest absolute Gasteiger partial charge is 0.306 e. The fourth-order valence-corrected chi connectivity index (χ4v) is 3.10. The molecule has 0 spiro atoms. The summed E-state index contributed by atoms with van der Waals surface area (Å²) in [6.07, 6.45) is 4.57. The van der Waals surface area contributed by atoms with Crippen LogP contribution in [-0.4, -0.2) is 47.1 Å². The molecule has 0 aromatic rings. The quantitative estimate of drug-likeness (QED) is 0.715. The van der Waals surface area contributed by atoms with Crippen molar-refractivity contribution in [2.45, 2.75) is 63.2 Å². The molecule has 2 unspecified atom stereocenters. The minimum absolute atomic E-state index is 0.275. The summed E-state index contributed by atoms with van der Waals surface area (Å²) in [6, 6.07) is 0.407. The van der Waals surface area contributed by atoms with Gasteiger partial charge in [-0.2, -0.15) is 0 Å². The van der Waals surface area contributed by atoms with E-state index in [4.69, 9.17) is 9.84 Å². The van der Waals surface area contributed by atoms with E-state index in [0.717, 1.165) is 19.4 Å². The second-order valence-corrected chi connectivity index (χ2v) is 6.12. The number of hydrogen-bond acceptors (Lipinski definition) is 4. The highest BCUT2D eigenvalue weighted by Crippen LogP contribution is 2.32. The number of ether oxygens (including phenoxy) is 1. The molecule has 2 aliphatic rings. The zero-order chi connectivity index (χ0) is 13.9. The third kappa shape index (κ3) is 4.16. The molecular formula is C14H25NO4. The van der Waals surface area contributed by atoms with E-state index in [2.05, 4.69) is 12.2 Å². The van der Waals surface area contributed by atoms with E-state index in [1.807, 2.05) is 0 Å². The zero-order valence-corrected chi connectivity index (χ0v) is 11.6. The van der Waals surface area contributed by atoms with Crippen molar-refractivity contribution in [3.8, 4) is 0 Å². The SMILES string of the molecule is CC1CC(NCC2(O)CCC(C(=O)O)CC2)CCO1. The highest BCUT2D eigenvalue weighted by atomic mass is 16.5. The van der Waals surface area contributed by atoms with Gasteiger partial charge in [-0.05, 0) is 45.4 Å². The zero-order valence-electron chi connectivity index (χ0n) is 11.6. The van der Waals surface area contributed by atoms with Gasteiger partial charge in [0.25, 0.3) is 0 Å². The molecule has 1 aliphatic carbocycles. The van der Waals surface area contributed by atoms with E-state index in [1.165, 1.54) is 0 Å². The molecule has 3 N–H and O–H groups in total. The number of carbonyl (C=O) groups is 1. The highest BCUT2D eigenvalue weighted by Gasteiger charge is 2.36. The number of carboxylic acids is 1. The number of aliphatic carboxylic acids is 1. The molecule has 0 aromatic carbocycles. The molecule has 0 aromatic heterocycles. The molecule has 1 heterocycles. The van der Waals surface area contributed by atoms with Gasteiger partial charge >= 0.3 is 5.97 Å². The van der Waals surface area contributed by atoms with Gasteiger partial charge in [-0.15, -0.1) is 0 Å².